The van der Waals surface area contributed by atoms with Crippen molar-refractivity contribution in [1.29, 1.82) is 0 Å². The van der Waals surface area contributed by atoms with Crippen molar-refractivity contribution in [2.45, 2.75) is 5.41 Å². The summed E-state index contributed by atoms with van der Waals surface area (Å²) in [4.78, 5) is 2.45. The second-order valence-electron chi connectivity index (χ2n) is 20.6. The topological polar surface area (TPSA) is 8.17 Å². The van der Waals surface area contributed by atoms with E-state index in [0.29, 0.717) is 0 Å². The Hall–Kier alpha value is -10.0. The third-order valence-corrected chi connectivity index (χ3v) is 16.8. The van der Waals surface area contributed by atoms with Crippen LogP contribution in [0.3, 0.4) is 0 Å². The number of nitrogens with zero attached hydrogens (tertiary/aromatic N) is 2. The summed E-state index contributed by atoms with van der Waals surface area (Å²) in [6.45, 7) is 0. The van der Waals surface area contributed by atoms with Gasteiger partial charge in [-0.3, -0.25) is 0 Å². The molecule has 0 fully saturated rings. The van der Waals surface area contributed by atoms with E-state index in [0.717, 1.165) is 28.1 Å². The third kappa shape index (κ3) is 6.24. The SMILES string of the molecule is c1ccc(-c2ccc(N(c3ccc4c5ccccc5n(-c5c6ccccc6c(-c6cccc7c6C6(c8ccccc8-c8ccccc86)c6ccccc6-7)c6ccccc56)c4c3)c3ccccc3-c3ccccc3)cc2)cc1. The number of rotatable bonds is 7. The molecule has 0 atom stereocenters. The lowest BCUT2D eigenvalue weighted by molar-refractivity contribution is 0.796. The first-order chi connectivity index (χ1) is 38.3. The minimum atomic E-state index is -0.507. The molecule has 2 aliphatic carbocycles. The second kappa shape index (κ2) is 17.0. The molecule has 0 saturated carbocycles. The first kappa shape index (κ1) is 43.4. The predicted octanol–water partition coefficient (Wildman–Crippen LogP) is 19.9. The van der Waals surface area contributed by atoms with Gasteiger partial charge in [-0.15, -0.1) is 0 Å². The fraction of sp³-hybridized carbons (Fsp3) is 0.0133. The van der Waals surface area contributed by atoms with Gasteiger partial charge in [0.2, 0.25) is 0 Å². The molecule has 0 aliphatic heterocycles. The molecule has 2 aliphatic rings. The van der Waals surface area contributed by atoms with E-state index in [-0.39, 0.29) is 0 Å². The van der Waals surface area contributed by atoms with Crippen molar-refractivity contribution in [3.63, 3.8) is 0 Å². The van der Waals surface area contributed by atoms with Crippen LogP contribution in [0.1, 0.15) is 22.3 Å². The summed E-state index contributed by atoms with van der Waals surface area (Å²) in [6.07, 6.45) is 0. The zero-order chi connectivity index (χ0) is 50.6. The van der Waals surface area contributed by atoms with Gasteiger partial charge in [0.05, 0.1) is 27.8 Å². The molecule has 77 heavy (non-hydrogen) atoms. The average molecular weight is 977 g/mol. The first-order valence-corrected chi connectivity index (χ1v) is 26.8. The van der Waals surface area contributed by atoms with Gasteiger partial charge in [0, 0.05) is 38.5 Å². The van der Waals surface area contributed by atoms with Crippen molar-refractivity contribution < 1.29 is 0 Å². The third-order valence-electron chi connectivity index (χ3n) is 16.8. The highest BCUT2D eigenvalue weighted by Crippen LogP contribution is 2.65. The Morgan fingerprint density at radius 3 is 1.35 bits per heavy atom. The van der Waals surface area contributed by atoms with Gasteiger partial charge in [0.15, 0.2) is 0 Å². The monoisotopic (exact) mass is 976 g/mol. The van der Waals surface area contributed by atoms with Gasteiger partial charge in [0.25, 0.3) is 0 Å². The summed E-state index contributed by atoms with van der Waals surface area (Å²) < 4.78 is 2.57. The molecule has 0 bridgehead atoms. The molecular weight excluding hydrogens is 929 g/mol. The minimum Gasteiger partial charge on any atom is -0.310 e. The highest BCUT2D eigenvalue weighted by Gasteiger charge is 2.52. The van der Waals surface area contributed by atoms with E-state index in [9.17, 15) is 0 Å². The molecule has 1 aromatic heterocycles. The quantitative estimate of drug-likeness (QED) is 0.145. The Labute approximate surface area is 447 Å². The van der Waals surface area contributed by atoms with Gasteiger partial charge < -0.3 is 9.47 Å². The minimum absolute atomic E-state index is 0.507. The summed E-state index contributed by atoms with van der Waals surface area (Å²) in [7, 11) is 0. The van der Waals surface area contributed by atoms with Gasteiger partial charge in [0.1, 0.15) is 0 Å². The Bertz CT molecular complexity index is 4560. The summed E-state index contributed by atoms with van der Waals surface area (Å²) in [6, 6.07) is 108. The van der Waals surface area contributed by atoms with E-state index in [1.807, 2.05) is 0 Å². The molecule has 0 unspecified atom stereocenters. The van der Waals surface area contributed by atoms with Crippen molar-refractivity contribution >= 4 is 60.4 Å². The average Bonchev–Trinajstić information content (AvgIpc) is 4.33. The fourth-order valence-electron chi connectivity index (χ4n) is 13.7. The molecule has 0 radical (unpaired) electrons. The van der Waals surface area contributed by atoms with Crippen LogP contribution in [-0.4, -0.2) is 4.57 Å². The molecule has 0 saturated heterocycles. The maximum atomic E-state index is 2.57. The lowest BCUT2D eigenvalue weighted by Crippen LogP contribution is -2.26. The van der Waals surface area contributed by atoms with Gasteiger partial charge in [-0.2, -0.15) is 0 Å². The van der Waals surface area contributed by atoms with Gasteiger partial charge in [-0.1, -0.05) is 255 Å². The number of benzene rings is 13. The van der Waals surface area contributed by atoms with Crippen molar-refractivity contribution in [2.24, 2.45) is 0 Å². The largest absolute Gasteiger partial charge is 0.310 e. The number of fused-ring (bicyclic) bond motifs is 15. The Kier molecular flexibility index (Phi) is 9.58. The van der Waals surface area contributed by atoms with Crippen LogP contribution in [0.2, 0.25) is 0 Å². The zero-order valence-electron chi connectivity index (χ0n) is 42.1. The second-order valence-corrected chi connectivity index (χ2v) is 20.6. The van der Waals surface area contributed by atoms with E-state index >= 15 is 0 Å². The van der Waals surface area contributed by atoms with E-state index in [4.69, 9.17) is 0 Å². The van der Waals surface area contributed by atoms with Crippen LogP contribution in [0.25, 0.3) is 105 Å². The lowest BCUT2D eigenvalue weighted by Gasteiger charge is -2.32. The van der Waals surface area contributed by atoms with Crippen molar-refractivity contribution in [1.82, 2.24) is 4.57 Å². The molecule has 358 valence electrons. The number of para-hydroxylation sites is 2. The highest BCUT2D eigenvalue weighted by molar-refractivity contribution is 6.22. The van der Waals surface area contributed by atoms with Crippen molar-refractivity contribution in [3.8, 4) is 61.3 Å². The molecule has 1 heterocycles. The van der Waals surface area contributed by atoms with E-state index in [1.54, 1.807) is 0 Å². The molecular formula is C75H48N2. The Morgan fingerprint density at radius 1 is 0.273 bits per heavy atom. The van der Waals surface area contributed by atoms with Crippen molar-refractivity contribution in [2.75, 3.05) is 4.90 Å². The number of hydrogen-bond acceptors (Lipinski definition) is 1. The van der Waals surface area contributed by atoms with E-state index in [2.05, 4.69) is 301 Å². The maximum absolute atomic E-state index is 2.57. The fourth-order valence-corrected chi connectivity index (χ4v) is 13.7. The van der Waals surface area contributed by atoms with Crippen LogP contribution in [-0.2, 0) is 5.41 Å². The van der Waals surface area contributed by atoms with Gasteiger partial charge in [-0.05, 0) is 119 Å². The summed E-state index contributed by atoms with van der Waals surface area (Å²) in [5, 5.41) is 7.27. The van der Waals surface area contributed by atoms with Crippen LogP contribution >= 0.6 is 0 Å². The van der Waals surface area contributed by atoms with Gasteiger partial charge in [-0.25, -0.2) is 0 Å². The first-order valence-electron chi connectivity index (χ1n) is 26.8. The van der Waals surface area contributed by atoms with Crippen LogP contribution in [0.5, 0.6) is 0 Å². The van der Waals surface area contributed by atoms with Crippen LogP contribution < -0.4 is 4.90 Å². The number of anilines is 3. The number of hydrogen-bond donors (Lipinski definition) is 0. The summed E-state index contributed by atoms with van der Waals surface area (Å²) >= 11 is 0. The molecule has 13 aromatic carbocycles. The van der Waals surface area contributed by atoms with Crippen LogP contribution in [0.15, 0.2) is 291 Å². The highest BCUT2D eigenvalue weighted by atomic mass is 15.1. The van der Waals surface area contributed by atoms with Crippen molar-refractivity contribution in [3.05, 3.63) is 313 Å². The van der Waals surface area contributed by atoms with Gasteiger partial charge >= 0.3 is 0 Å². The molecule has 2 nitrogen and oxygen atoms in total. The zero-order valence-corrected chi connectivity index (χ0v) is 42.1. The molecule has 1 spiro atoms. The van der Waals surface area contributed by atoms with Crippen LogP contribution in [0, 0.1) is 0 Å². The number of aromatic nitrogens is 1. The summed E-state index contributed by atoms with van der Waals surface area (Å²) in [5.74, 6) is 0. The molecule has 2 heteroatoms. The smallest absolute Gasteiger partial charge is 0.0731 e. The van der Waals surface area contributed by atoms with E-state index < -0.39 is 5.41 Å². The predicted molar refractivity (Wildman–Crippen MR) is 323 cm³/mol. The Balaban J connectivity index is 0.971. The normalized spacial score (nSPS) is 12.8. The molecule has 16 rings (SSSR count). The van der Waals surface area contributed by atoms with Crippen LogP contribution in [0.4, 0.5) is 17.1 Å². The molecule has 14 aromatic rings. The standard InChI is InChI=1S/C75H48N2/c1-3-22-49(23-4-1)50-42-44-52(45-43-50)76(69-40-19-14-26-54(69)51-24-5-2-6-25-51)53-46-47-59-58-30-15-20-41-70(58)77(71(59)48-53)74-63-33-9-7-31-60(63)72(61-32-8-10-34-64(61)74)65-36-21-35-62-57-29-13-18-39-68(57)75(73(62)65)66-37-16-11-27-55(66)56-28-12-17-38-67(56)75/h1-48H. The Morgan fingerprint density at radius 2 is 0.714 bits per heavy atom. The van der Waals surface area contributed by atoms with E-state index in [1.165, 1.54) is 116 Å². The molecule has 0 amide bonds. The molecule has 0 N–H and O–H groups in total. The lowest BCUT2D eigenvalue weighted by atomic mass is 9.68. The summed E-state index contributed by atoms with van der Waals surface area (Å²) in [5.41, 5.74) is 24.1. The maximum Gasteiger partial charge on any atom is 0.0731 e.